The summed E-state index contributed by atoms with van der Waals surface area (Å²) >= 11 is -1.56. The Morgan fingerprint density at radius 2 is 0.667 bits per heavy atom. The molecular weight excluding hydrogens is 479 g/mol. The molecule has 0 aromatic heterocycles. The van der Waals surface area contributed by atoms with E-state index in [2.05, 4.69) is 0 Å². The van der Waals surface area contributed by atoms with Gasteiger partial charge in [-0.2, -0.15) is 59.9 Å². The highest BCUT2D eigenvalue weighted by Gasteiger charge is 2.51. The minimum atomic E-state index is -5.46. The average molecular weight is 479 g/mol. The topological polar surface area (TPSA) is 6.48 Å². The third-order valence-corrected chi connectivity index (χ3v) is 5.22. The van der Waals surface area contributed by atoms with Gasteiger partial charge < -0.3 is 0 Å². The third-order valence-electron chi connectivity index (χ3n) is 1.12. The zero-order valence-corrected chi connectivity index (χ0v) is 14.0. The van der Waals surface area contributed by atoms with Gasteiger partial charge in [-0.15, -0.1) is 11.5 Å². The van der Waals surface area contributed by atoms with Crippen molar-refractivity contribution in [1.29, 1.82) is 0 Å². The Hall–Kier alpha value is 0.835. The lowest BCUT2D eigenvalue weighted by atomic mass is 10.2. The Bertz CT molecular complexity index is 328. The van der Waals surface area contributed by atoms with Gasteiger partial charge >= 0.3 is 28.4 Å². The van der Waals surface area contributed by atoms with Crippen molar-refractivity contribution in [3.8, 4) is 0 Å². The SMILES string of the molecule is FC(F)(F)SN(SC(F)(F)F)B(Cl)N(SC(F)(F)F)SC(F)(F)F. The van der Waals surface area contributed by atoms with E-state index in [1.807, 2.05) is 0 Å². The van der Waals surface area contributed by atoms with Crippen LogP contribution in [0.1, 0.15) is 0 Å². The minimum Gasteiger partial charge on any atom is -0.186 e. The molecule has 0 saturated carbocycles. The zero-order chi connectivity index (χ0) is 19.6. The lowest BCUT2D eigenvalue weighted by Gasteiger charge is -2.30. The van der Waals surface area contributed by atoms with E-state index in [-0.39, 0.29) is 0 Å². The van der Waals surface area contributed by atoms with Gasteiger partial charge in [-0.3, -0.25) is 0 Å². The smallest absolute Gasteiger partial charge is 0.186 e. The zero-order valence-electron chi connectivity index (χ0n) is 10.0. The fraction of sp³-hybridized carbons (Fsp3) is 1.00. The van der Waals surface area contributed by atoms with Crippen molar-refractivity contribution in [3.63, 3.8) is 0 Å². The van der Waals surface area contributed by atoms with Gasteiger partial charge in [-0.05, 0) is 0 Å². The minimum absolute atomic E-state index is 0.987. The molecule has 0 aliphatic heterocycles. The maximum absolute atomic E-state index is 12.2. The third kappa shape index (κ3) is 13.1. The van der Waals surface area contributed by atoms with Crippen LogP contribution in [0.2, 0.25) is 0 Å². The first-order valence-electron chi connectivity index (χ1n) is 4.55. The molecular formula is C4BClF12N2S4. The van der Waals surface area contributed by atoms with Crippen molar-refractivity contribution in [2.24, 2.45) is 0 Å². The highest BCUT2D eigenvalue weighted by Crippen LogP contribution is 2.50. The van der Waals surface area contributed by atoms with Crippen LogP contribution >= 0.6 is 59.3 Å². The molecule has 24 heavy (non-hydrogen) atoms. The maximum atomic E-state index is 12.2. The standard InChI is InChI=1S/C4BClF12N2S4/c6-5(19(21-1(7,8)9)22-2(10,11)12)20(23-3(13,14)15)24-4(16,17)18. The van der Waals surface area contributed by atoms with Crippen LogP contribution in [0.15, 0.2) is 0 Å². The van der Waals surface area contributed by atoms with E-state index in [4.69, 9.17) is 11.5 Å². The van der Waals surface area contributed by atoms with Crippen molar-refractivity contribution in [1.82, 2.24) is 7.24 Å². The normalized spacial score (nSPS) is 14.6. The average Bonchev–Trinajstić information content (AvgIpc) is 2.17. The fourth-order valence-electron chi connectivity index (χ4n) is 0.696. The fourth-order valence-corrected chi connectivity index (χ4v) is 4.27. The molecule has 0 aromatic rings. The number of hydrogen-bond acceptors (Lipinski definition) is 6. The first-order valence-corrected chi connectivity index (χ1v) is 8.08. The molecule has 20 heteroatoms. The van der Waals surface area contributed by atoms with Gasteiger partial charge in [0, 0.05) is 47.8 Å². The largest absolute Gasteiger partial charge is 0.461 e. The molecule has 0 spiro atoms. The van der Waals surface area contributed by atoms with Crippen LogP contribution < -0.4 is 0 Å². The maximum Gasteiger partial charge on any atom is 0.461 e. The van der Waals surface area contributed by atoms with Gasteiger partial charge in [0.2, 0.25) is 0 Å². The van der Waals surface area contributed by atoms with Crippen LogP contribution in [0.5, 0.6) is 0 Å². The molecule has 0 atom stereocenters. The van der Waals surface area contributed by atoms with Crippen LogP contribution in [0, 0.1) is 0 Å². The Labute approximate surface area is 147 Å². The van der Waals surface area contributed by atoms with Crippen LogP contribution in [0.4, 0.5) is 52.7 Å². The Kier molecular flexibility index (Phi) is 8.98. The van der Waals surface area contributed by atoms with E-state index in [0.717, 1.165) is 0 Å². The summed E-state index contributed by atoms with van der Waals surface area (Å²) in [6.45, 7) is 0. The highest BCUT2D eigenvalue weighted by atomic mass is 35.5. The summed E-state index contributed by atoms with van der Waals surface area (Å²) in [5.74, 6) is 0. The number of rotatable bonds is 6. The Morgan fingerprint density at radius 1 is 0.500 bits per heavy atom. The molecule has 0 fully saturated rings. The number of halogens is 13. The van der Waals surface area contributed by atoms with E-state index in [0.29, 0.717) is 0 Å². The molecule has 0 heterocycles. The molecule has 0 bridgehead atoms. The molecule has 0 aliphatic rings. The van der Waals surface area contributed by atoms with Gasteiger partial charge in [0.25, 0.3) is 0 Å². The summed E-state index contributed by atoms with van der Waals surface area (Å²) in [4.78, 5) is 0. The summed E-state index contributed by atoms with van der Waals surface area (Å²) in [5.41, 5.74) is -21.8. The number of nitrogens with zero attached hydrogens (tertiary/aromatic N) is 2. The van der Waals surface area contributed by atoms with Crippen molar-refractivity contribution < 1.29 is 52.7 Å². The molecule has 0 saturated heterocycles. The monoisotopic (exact) mass is 478 g/mol. The van der Waals surface area contributed by atoms with Gasteiger partial charge in [-0.25, -0.2) is 0 Å². The van der Waals surface area contributed by atoms with E-state index in [1.165, 1.54) is 0 Å². The molecule has 0 rings (SSSR count). The lowest BCUT2D eigenvalue weighted by molar-refractivity contribution is -0.0377. The van der Waals surface area contributed by atoms with E-state index >= 15 is 0 Å². The van der Waals surface area contributed by atoms with Gasteiger partial charge in [0.05, 0.1) is 0 Å². The predicted octanol–water partition coefficient (Wildman–Crippen LogP) is 6.49. The summed E-state index contributed by atoms with van der Waals surface area (Å²) in [7, 11) is 0. The molecule has 0 N–H and O–H groups in total. The Balaban J connectivity index is 5.48. The van der Waals surface area contributed by atoms with E-state index < -0.39 is 83.5 Å². The molecule has 144 valence electrons. The quantitative estimate of drug-likeness (QED) is 0.243. The van der Waals surface area contributed by atoms with Crippen LogP contribution in [-0.2, 0) is 0 Å². The number of alkyl halides is 12. The summed E-state index contributed by atoms with van der Waals surface area (Å²) in [6.07, 6.45) is -3.10. The second-order valence-corrected chi connectivity index (χ2v) is 8.04. The summed E-state index contributed by atoms with van der Waals surface area (Å²) in [5, 5.41) is 0. The summed E-state index contributed by atoms with van der Waals surface area (Å²) in [6, 6.07) is 0. The van der Waals surface area contributed by atoms with Crippen molar-refractivity contribution in [2.45, 2.75) is 22.0 Å². The Morgan fingerprint density at radius 3 is 0.792 bits per heavy atom. The van der Waals surface area contributed by atoms with Crippen molar-refractivity contribution >= 4 is 65.6 Å². The van der Waals surface area contributed by atoms with E-state index in [9.17, 15) is 52.7 Å². The lowest BCUT2D eigenvalue weighted by Crippen LogP contribution is -2.41. The summed E-state index contributed by atoms with van der Waals surface area (Å²) < 4.78 is 144. The number of hydrogen-bond donors (Lipinski definition) is 0. The predicted molar refractivity (Wildman–Crippen MR) is 69.9 cm³/mol. The van der Waals surface area contributed by atoms with Crippen LogP contribution in [0.25, 0.3) is 0 Å². The van der Waals surface area contributed by atoms with E-state index in [1.54, 1.807) is 0 Å². The molecule has 0 aromatic carbocycles. The molecule has 0 unspecified atom stereocenters. The molecule has 0 radical (unpaired) electrons. The van der Waals surface area contributed by atoms with Gasteiger partial charge in [-0.1, -0.05) is 0 Å². The highest BCUT2D eigenvalue weighted by molar-refractivity contribution is 8.17. The van der Waals surface area contributed by atoms with Gasteiger partial charge in [0.15, 0.2) is 0 Å². The second kappa shape index (κ2) is 8.68. The van der Waals surface area contributed by atoms with Crippen molar-refractivity contribution in [2.75, 3.05) is 0 Å². The van der Waals surface area contributed by atoms with Gasteiger partial charge in [0.1, 0.15) is 0 Å². The first-order chi connectivity index (χ1) is 10.3. The first kappa shape index (κ1) is 24.8. The molecule has 2 nitrogen and oxygen atoms in total. The molecule has 0 aliphatic carbocycles. The second-order valence-electron chi connectivity index (χ2n) is 3.03. The molecule has 0 amide bonds. The van der Waals surface area contributed by atoms with Crippen LogP contribution in [0.3, 0.4) is 0 Å². The van der Waals surface area contributed by atoms with Crippen LogP contribution in [-0.4, -0.2) is 35.7 Å². The van der Waals surface area contributed by atoms with Crippen molar-refractivity contribution in [3.05, 3.63) is 0 Å².